The van der Waals surface area contributed by atoms with Crippen molar-refractivity contribution in [2.45, 2.75) is 31.8 Å². The molecule has 154 valence electrons. The lowest BCUT2D eigenvalue weighted by Gasteiger charge is -2.25. The van der Waals surface area contributed by atoms with Gasteiger partial charge in [-0.05, 0) is 31.2 Å². The van der Waals surface area contributed by atoms with Gasteiger partial charge in [0.05, 0.1) is 19.3 Å². The first-order chi connectivity index (χ1) is 14.5. The summed E-state index contributed by atoms with van der Waals surface area (Å²) in [6.07, 6.45) is 1.86. The van der Waals surface area contributed by atoms with Crippen LogP contribution < -0.4 is 14.5 Å². The number of carbonyl (C=O) groups excluding carboxylic acids is 3. The number of ether oxygens (including phenoxy) is 1. The maximum absolute atomic E-state index is 13.5. The van der Waals surface area contributed by atoms with Gasteiger partial charge in [-0.15, -0.1) is 0 Å². The molecule has 2 aromatic carbocycles. The largest absolute Gasteiger partial charge is 0.497 e. The van der Waals surface area contributed by atoms with E-state index in [2.05, 4.69) is 0 Å². The van der Waals surface area contributed by atoms with Crippen molar-refractivity contribution >= 4 is 23.3 Å². The van der Waals surface area contributed by atoms with Gasteiger partial charge in [0.25, 0.3) is 0 Å². The van der Waals surface area contributed by atoms with Crippen molar-refractivity contribution in [2.24, 2.45) is 11.8 Å². The number of quaternary nitrogens is 1. The molecule has 5 atom stereocenters. The smallest absolute Gasteiger partial charge is 0.244 e. The Morgan fingerprint density at radius 2 is 1.67 bits per heavy atom. The van der Waals surface area contributed by atoms with E-state index < -0.39 is 17.9 Å². The molecule has 3 heterocycles. The number of imide groups is 1. The fraction of sp³-hybridized carbons (Fsp3) is 0.375. The van der Waals surface area contributed by atoms with Crippen molar-refractivity contribution in [3.05, 3.63) is 59.7 Å². The molecule has 0 aromatic heterocycles. The van der Waals surface area contributed by atoms with Crippen molar-refractivity contribution in [3.8, 4) is 5.75 Å². The second-order valence-corrected chi connectivity index (χ2v) is 8.54. The van der Waals surface area contributed by atoms with Crippen LogP contribution in [0.1, 0.15) is 28.8 Å². The zero-order valence-corrected chi connectivity index (χ0v) is 17.1. The number of ketones is 1. The van der Waals surface area contributed by atoms with Crippen LogP contribution in [0.3, 0.4) is 0 Å². The number of hydrogen-bond donors (Lipinski definition) is 1. The van der Waals surface area contributed by atoms with Crippen LogP contribution in [0.2, 0.25) is 0 Å². The molecular weight excluding hydrogens is 380 g/mol. The van der Waals surface area contributed by atoms with E-state index >= 15 is 0 Å². The van der Waals surface area contributed by atoms with Crippen molar-refractivity contribution in [1.29, 1.82) is 0 Å². The van der Waals surface area contributed by atoms with Gasteiger partial charge in [-0.1, -0.05) is 29.8 Å². The highest BCUT2D eigenvalue weighted by Crippen LogP contribution is 2.40. The van der Waals surface area contributed by atoms with Gasteiger partial charge in [0.1, 0.15) is 23.6 Å². The summed E-state index contributed by atoms with van der Waals surface area (Å²) >= 11 is 0. The summed E-state index contributed by atoms with van der Waals surface area (Å²) < 4.78 is 5.19. The zero-order chi connectivity index (χ0) is 21.0. The van der Waals surface area contributed by atoms with E-state index in [0.29, 0.717) is 17.0 Å². The quantitative estimate of drug-likeness (QED) is 0.617. The van der Waals surface area contributed by atoms with Crippen LogP contribution in [-0.2, 0) is 9.59 Å². The molecule has 0 bridgehead atoms. The Morgan fingerprint density at radius 1 is 1.00 bits per heavy atom. The molecule has 6 heteroatoms. The van der Waals surface area contributed by atoms with E-state index in [0.717, 1.165) is 29.8 Å². The summed E-state index contributed by atoms with van der Waals surface area (Å²) in [5.74, 6) is -0.787. The molecule has 0 aliphatic carbocycles. The Morgan fingerprint density at radius 3 is 2.33 bits per heavy atom. The summed E-state index contributed by atoms with van der Waals surface area (Å²) in [6, 6.07) is 14.0. The standard InChI is InChI=1S/C24H24N2O4/c1-14-5-7-15(8-6-14)22(27)21-20-19(18-4-3-13-25(18)21)23(28)26(24(20)29)16-9-11-17(30-2)12-10-16/h5-12,18-21H,3-4,13H2,1-2H3/p+1/t18-,19-,20-,21+/m1/s1. The molecular formula is C24H25N2O4+. The van der Waals surface area contributed by atoms with Gasteiger partial charge in [0, 0.05) is 18.4 Å². The molecule has 0 saturated carbocycles. The Kier molecular flexibility index (Phi) is 4.47. The third kappa shape index (κ3) is 2.70. The maximum Gasteiger partial charge on any atom is 0.244 e. The summed E-state index contributed by atoms with van der Waals surface area (Å²) in [7, 11) is 1.57. The van der Waals surface area contributed by atoms with Crippen LogP contribution in [-0.4, -0.2) is 43.3 Å². The van der Waals surface area contributed by atoms with Crippen LogP contribution in [0.25, 0.3) is 0 Å². The zero-order valence-electron chi connectivity index (χ0n) is 17.1. The van der Waals surface area contributed by atoms with Gasteiger partial charge in [0.15, 0.2) is 6.04 Å². The molecule has 2 aromatic rings. The fourth-order valence-electron chi connectivity index (χ4n) is 5.62. The number of fused-ring (bicyclic) bond motifs is 3. The van der Waals surface area contributed by atoms with E-state index in [1.807, 2.05) is 31.2 Å². The number of anilines is 1. The molecule has 3 saturated heterocycles. The average Bonchev–Trinajstić information content (AvgIpc) is 3.40. The molecule has 0 spiro atoms. The highest BCUT2D eigenvalue weighted by atomic mass is 16.5. The summed E-state index contributed by atoms with van der Waals surface area (Å²) in [5.41, 5.74) is 2.24. The molecule has 3 aliphatic rings. The lowest BCUT2D eigenvalue weighted by atomic mass is 9.85. The number of hydrogen-bond acceptors (Lipinski definition) is 4. The molecule has 1 N–H and O–H groups in total. The molecule has 0 radical (unpaired) electrons. The lowest BCUT2D eigenvalue weighted by Crippen LogP contribution is -3.16. The predicted octanol–water partition coefficient (Wildman–Crippen LogP) is 1.42. The number of methoxy groups -OCH3 is 1. The number of nitrogens with zero attached hydrogens (tertiary/aromatic N) is 1. The van der Waals surface area contributed by atoms with E-state index in [4.69, 9.17) is 4.74 Å². The lowest BCUT2D eigenvalue weighted by molar-refractivity contribution is -0.915. The van der Waals surface area contributed by atoms with Crippen molar-refractivity contribution < 1.29 is 24.0 Å². The van der Waals surface area contributed by atoms with Crippen LogP contribution >= 0.6 is 0 Å². The second kappa shape index (κ2) is 7.06. The van der Waals surface area contributed by atoms with E-state index in [9.17, 15) is 14.4 Å². The third-order valence-corrected chi connectivity index (χ3v) is 7.00. The molecule has 5 rings (SSSR count). The maximum atomic E-state index is 13.5. The minimum absolute atomic E-state index is 0.0258. The van der Waals surface area contributed by atoms with Gasteiger partial charge in [0.2, 0.25) is 17.6 Å². The van der Waals surface area contributed by atoms with Crippen LogP contribution in [0.15, 0.2) is 48.5 Å². The number of nitrogens with one attached hydrogen (secondary N) is 1. The fourth-order valence-corrected chi connectivity index (χ4v) is 5.62. The minimum Gasteiger partial charge on any atom is -0.497 e. The topological polar surface area (TPSA) is 68.1 Å². The summed E-state index contributed by atoms with van der Waals surface area (Å²) in [5, 5.41) is 0. The molecule has 6 nitrogen and oxygen atoms in total. The van der Waals surface area contributed by atoms with Crippen molar-refractivity contribution in [1.82, 2.24) is 0 Å². The molecule has 1 unspecified atom stereocenters. The summed E-state index contributed by atoms with van der Waals surface area (Å²) in [4.78, 5) is 42.8. The number of carbonyl (C=O) groups is 3. The van der Waals surface area contributed by atoms with Crippen LogP contribution in [0.5, 0.6) is 5.75 Å². The van der Waals surface area contributed by atoms with E-state index in [1.165, 1.54) is 4.90 Å². The first kappa shape index (κ1) is 19.0. The average molecular weight is 405 g/mol. The SMILES string of the molecule is COc1ccc(N2C(=O)[C@@H]3[C@H](C2=O)[C@H]2CCC[NH+]2[C@@H]3C(=O)c2ccc(C)cc2)cc1. The number of rotatable bonds is 4. The normalized spacial score (nSPS) is 29.8. The monoisotopic (exact) mass is 405 g/mol. The molecule has 2 amide bonds. The molecule has 30 heavy (non-hydrogen) atoms. The number of benzene rings is 2. The summed E-state index contributed by atoms with van der Waals surface area (Å²) in [6.45, 7) is 2.82. The van der Waals surface area contributed by atoms with Crippen molar-refractivity contribution in [2.75, 3.05) is 18.6 Å². The van der Waals surface area contributed by atoms with Crippen LogP contribution in [0, 0.1) is 18.8 Å². The second-order valence-electron chi connectivity index (χ2n) is 8.54. The van der Waals surface area contributed by atoms with Gasteiger partial charge in [-0.2, -0.15) is 0 Å². The number of Topliss-reactive ketones (excluding diaryl/α,β-unsaturated/α-hetero) is 1. The number of amides is 2. The van der Waals surface area contributed by atoms with Gasteiger partial charge >= 0.3 is 0 Å². The minimum atomic E-state index is -0.589. The van der Waals surface area contributed by atoms with E-state index in [-0.39, 0.29) is 23.6 Å². The molecule has 3 aliphatic heterocycles. The van der Waals surface area contributed by atoms with Gasteiger partial charge in [-0.3, -0.25) is 14.4 Å². The van der Waals surface area contributed by atoms with Crippen LogP contribution in [0.4, 0.5) is 5.69 Å². The Hall–Kier alpha value is -2.99. The first-order valence-electron chi connectivity index (χ1n) is 10.5. The predicted molar refractivity (Wildman–Crippen MR) is 111 cm³/mol. The Labute approximate surface area is 175 Å². The molecule has 3 fully saturated rings. The highest BCUT2D eigenvalue weighted by molar-refractivity contribution is 6.24. The van der Waals surface area contributed by atoms with E-state index in [1.54, 1.807) is 31.4 Å². The third-order valence-electron chi connectivity index (χ3n) is 7.00. The highest BCUT2D eigenvalue weighted by Gasteiger charge is 2.68. The van der Waals surface area contributed by atoms with Crippen molar-refractivity contribution in [3.63, 3.8) is 0 Å². The Bertz CT molecular complexity index is 1010. The Balaban J connectivity index is 1.52. The van der Waals surface area contributed by atoms with Gasteiger partial charge < -0.3 is 9.64 Å². The van der Waals surface area contributed by atoms with Gasteiger partial charge in [-0.25, -0.2) is 4.90 Å². The first-order valence-corrected chi connectivity index (χ1v) is 10.5. The number of aryl methyl sites for hydroxylation is 1.